The van der Waals surface area contributed by atoms with Crippen LogP contribution in [0.1, 0.15) is 33.0 Å². The molecule has 6 nitrogen and oxygen atoms in total. The summed E-state index contributed by atoms with van der Waals surface area (Å²) in [6.07, 6.45) is 0. The first kappa shape index (κ1) is 23.8. The first-order valence-electron chi connectivity index (χ1n) is 12.0. The number of rotatable bonds is 5. The monoisotopic (exact) mass is 528 g/mol. The minimum Gasteiger partial charge on any atom is -0.489 e. The zero-order valence-corrected chi connectivity index (χ0v) is 21.9. The van der Waals surface area contributed by atoms with Crippen molar-refractivity contribution < 1.29 is 14.3 Å². The SMILES string of the molecule is Cc1ccc(COc2ccccc2[C@@H]2c3sc(=O)[nH]c3S[C@H]3C(=O)N(c4ccc(C)cc4)C(=O)[C@@H]23)cc1. The van der Waals surface area contributed by atoms with E-state index in [0.717, 1.165) is 32.9 Å². The van der Waals surface area contributed by atoms with Gasteiger partial charge in [-0.15, -0.1) is 0 Å². The fraction of sp³-hybridized carbons (Fsp3) is 0.207. The standard InChI is InChI=1S/C29H24N2O4S2/c1-16-7-11-18(12-8-16)15-35-21-6-4-3-5-20(21)22-23-25(36-26-24(22)37-29(34)30-26)28(33)31(27(23)32)19-13-9-17(2)10-14-19/h3-14,22-23,25H,15H2,1-2H3,(H,30,34)/t22-,23-,25+/m0/s1. The van der Waals surface area contributed by atoms with Crippen molar-refractivity contribution in [1.82, 2.24) is 4.98 Å². The van der Waals surface area contributed by atoms with E-state index in [0.29, 0.717) is 23.1 Å². The van der Waals surface area contributed by atoms with Crippen molar-refractivity contribution in [2.75, 3.05) is 4.90 Å². The first-order valence-corrected chi connectivity index (χ1v) is 13.7. The average Bonchev–Trinajstić information content (AvgIpc) is 3.39. The third-order valence-corrected chi connectivity index (χ3v) is 9.29. The minimum atomic E-state index is -0.651. The lowest BCUT2D eigenvalue weighted by molar-refractivity contribution is -0.122. The molecule has 0 spiro atoms. The summed E-state index contributed by atoms with van der Waals surface area (Å²) in [4.78, 5) is 44.7. The number of anilines is 1. The number of thioether (sulfide) groups is 1. The Bertz CT molecular complexity index is 1560. The molecule has 2 amide bonds. The molecule has 1 N–H and O–H groups in total. The van der Waals surface area contributed by atoms with Crippen LogP contribution in [0.25, 0.3) is 0 Å². The summed E-state index contributed by atoms with van der Waals surface area (Å²) in [6, 6.07) is 23.1. The van der Waals surface area contributed by atoms with Crippen LogP contribution in [0.4, 0.5) is 5.69 Å². The highest BCUT2D eigenvalue weighted by atomic mass is 32.2. The van der Waals surface area contributed by atoms with Gasteiger partial charge in [-0.25, -0.2) is 4.90 Å². The Hall–Kier alpha value is -3.62. The van der Waals surface area contributed by atoms with Crippen molar-refractivity contribution in [2.24, 2.45) is 5.92 Å². The van der Waals surface area contributed by atoms with Crippen LogP contribution in [0.15, 0.2) is 82.6 Å². The van der Waals surface area contributed by atoms with Crippen LogP contribution in [0.2, 0.25) is 0 Å². The highest BCUT2D eigenvalue weighted by Gasteiger charge is 2.56. The molecule has 2 aliphatic rings. The number of benzene rings is 3. The number of aromatic amines is 1. The van der Waals surface area contributed by atoms with Crippen LogP contribution < -0.4 is 14.5 Å². The highest BCUT2D eigenvalue weighted by Crippen LogP contribution is 2.54. The molecule has 37 heavy (non-hydrogen) atoms. The molecule has 1 aromatic heterocycles. The predicted molar refractivity (Wildman–Crippen MR) is 146 cm³/mol. The quantitative estimate of drug-likeness (QED) is 0.350. The van der Waals surface area contributed by atoms with Gasteiger partial charge in [-0.05, 0) is 37.6 Å². The summed E-state index contributed by atoms with van der Waals surface area (Å²) in [5.74, 6) is -1.01. The van der Waals surface area contributed by atoms with Gasteiger partial charge in [-0.2, -0.15) is 0 Å². The number of para-hydroxylation sites is 1. The maximum absolute atomic E-state index is 13.9. The number of nitrogens with zero attached hydrogens (tertiary/aromatic N) is 1. The molecule has 3 atom stereocenters. The highest BCUT2D eigenvalue weighted by molar-refractivity contribution is 8.00. The van der Waals surface area contributed by atoms with Gasteiger partial charge in [0.2, 0.25) is 11.8 Å². The Morgan fingerprint density at radius 3 is 2.27 bits per heavy atom. The number of hydrogen-bond donors (Lipinski definition) is 1. The van der Waals surface area contributed by atoms with Gasteiger partial charge < -0.3 is 9.72 Å². The molecule has 2 aliphatic heterocycles. The molecule has 1 fully saturated rings. The van der Waals surface area contributed by atoms with Gasteiger partial charge in [-0.3, -0.25) is 14.4 Å². The third kappa shape index (κ3) is 4.20. The molecule has 3 heterocycles. The topological polar surface area (TPSA) is 79.5 Å². The summed E-state index contributed by atoms with van der Waals surface area (Å²) in [5, 5.41) is 0.0169. The minimum absolute atomic E-state index is 0.198. The molecule has 1 saturated heterocycles. The molecule has 0 saturated carbocycles. The van der Waals surface area contributed by atoms with E-state index in [1.54, 1.807) is 12.1 Å². The summed E-state index contributed by atoms with van der Waals surface area (Å²) >= 11 is 2.38. The van der Waals surface area contributed by atoms with E-state index in [1.807, 2.05) is 74.5 Å². The normalized spacial score (nSPS) is 20.6. The van der Waals surface area contributed by atoms with Gasteiger partial charge in [0, 0.05) is 16.4 Å². The number of H-pyrrole nitrogens is 1. The van der Waals surface area contributed by atoms with E-state index < -0.39 is 17.1 Å². The second-order valence-corrected chi connectivity index (χ2v) is 11.6. The maximum atomic E-state index is 13.9. The summed E-state index contributed by atoms with van der Waals surface area (Å²) in [5.41, 5.74) is 4.62. The molecule has 0 unspecified atom stereocenters. The van der Waals surface area contributed by atoms with E-state index in [2.05, 4.69) is 4.98 Å². The van der Waals surface area contributed by atoms with Crippen LogP contribution >= 0.6 is 23.1 Å². The Morgan fingerprint density at radius 1 is 0.865 bits per heavy atom. The van der Waals surface area contributed by atoms with Gasteiger partial charge in [0.1, 0.15) is 17.6 Å². The van der Waals surface area contributed by atoms with E-state index >= 15 is 0 Å². The number of carbonyl (C=O) groups is 2. The summed E-state index contributed by atoms with van der Waals surface area (Å²) < 4.78 is 6.27. The van der Waals surface area contributed by atoms with Gasteiger partial charge in [0.25, 0.3) is 0 Å². The van der Waals surface area contributed by atoms with Crippen molar-refractivity contribution in [2.45, 2.75) is 36.6 Å². The zero-order valence-electron chi connectivity index (χ0n) is 20.3. The lowest BCUT2D eigenvalue weighted by Crippen LogP contribution is -2.32. The van der Waals surface area contributed by atoms with E-state index in [4.69, 9.17) is 4.74 Å². The number of amides is 2. The van der Waals surface area contributed by atoms with Crippen LogP contribution in [0.3, 0.4) is 0 Å². The second kappa shape index (κ2) is 9.36. The van der Waals surface area contributed by atoms with E-state index in [1.165, 1.54) is 22.2 Å². The molecule has 0 bridgehead atoms. The number of hydrogen-bond acceptors (Lipinski definition) is 6. The molecular weight excluding hydrogens is 504 g/mol. The molecule has 4 aromatic rings. The molecule has 3 aromatic carbocycles. The smallest absolute Gasteiger partial charge is 0.305 e. The van der Waals surface area contributed by atoms with E-state index in [9.17, 15) is 14.4 Å². The Labute approximate surface area is 222 Å². The number of aryl methyl sites for hydroxylation is 2. The molecular formula is C29H24N2O4S2. The number of ether oxygens (including phenoxy) is 1. The van der Waals surface area contributed by atoms with Crippen molar-refractivity contribution >= 4 is 40.6 Å². The molecule has 8 heteroatoms. The van der Waals surface area contributed by atoms with Crippen LogP contribution in [-0.2, 0) is 16.2 Å². The number of aromatic nitrogens is 1. The third-order valence-electron chi connectivity index (χ3n) is 6.89. The van der Waals surface area contributed by atoms with Gasteiger partial charge in [0.15, 0.2) is 0 Å². The number of thiazole rings is 1. The Kier molecular flexibility index (Phi) is 6.01. The Balaban J connectivity index is 1.41. The molecule has 186 valence electrons. The first-order chi connectivity index (χ1) is 17.9. The van der Waals surface area contributed by atoms with Gasteiger partial charge >= 0.3 is 4.87 Å². The number of carbonyl (C=O) groups excluding carboxylic acids is 2. The summed E-state index contributed by atoms with van der Waals surface area (Å²) in [6.45, 7) is 4.37. The maximum Gasteiger partial charge on any atom is 0.305 e. The second-order valence-electron chi connectivity index (χ2n) is 9.41. The lowest BCUT2D eigenvalue weighted by atomic mass is 9.82. The fourth-order valence-corrected chi connectivity index (χ4v) is 7.52. The van der Waals surface area contributed by atoms with Gasteiger partial charge in [-0.1, -0.05) is 88.8 Å². The molecule has 6 rings (SSSR count). The largest absolute Gasteiger partial charge is 0.489 e. The predicted octanol–water partition coefficient (Wildman–Crippen LogP) is 5.43. The fourth-order valence-electron chi connectivity index (χ4n) is 5.01. The molecule has 0 radical (unpaired) electrons. The number of imide groups is 1. The average molecular weight is 529 g/mol. The van der Waals surface area contributed by atoms with E-state index in [-0.39, 0.29) is 16.7 Å². The van der Waals surface area contributed by atoms with Crippen molar-refractivity contribution in [3.05, 3.63) is 110 Å². The zero-order chi connectivity index (χ0) is 25.7. The van der Waals surface area contributed by atoms with Crippen molar-refractivity contribution in [1.29, 1.82) is 0 Å². The van der Waals surface area contributed by atoms with Crippen LogP contribution in [0, 0.1) is 19.8 Å². The summed E-state index contributed by atoms with van der Waals surface area (Å²) in [7, 11) is 0. The number of nitrogens with one attached hydrogen (secondary N) is 1. The van der Waals surface area contributed by atoms with Gasteiger partial charge in [0.05, 0.1) is 16.6 Å². The van der Waals surface area contributed by atoms with Crippen LogP contribution in [0.5, 0.6) is 5.75 Å². The Morgan fingerprint density at radius 2 is 1.54 bits per heavy atom. The van der Waals surface area contributed by atoms with Crippen molar-refractivity contribution in [3.8, 4) is 5.75 Å². The van der Waals surface area contributed by atoms with Crippen molar-refractivity contribution in [3.63, 3.8) is 0 Å². The molecule has 0 aliphatic carbocycles. The number of fused-ring (bicyclic) bond motifs is 2. The van der Waals surface area contributed by atoms with Crippen LogP contribution in [-0.4, -0.2) is 22.0 Å². The lowest BCUT2D eigenvalue weighted by Gasteiger charge is -2.30.